The molecule has 1 saturated heterocycles. The van der Waals surface area contributed by atoms with Crippen molar-refractivity contribution < 1.29 is 4.79 Å². The number of amides is 1. The second kappa shape index (κ2) is 3.27. The van der Waals surface area contributed by atoms with Gasteiger partial charge in [0.25, 0.3) is 5.91 Å². The number of halogens is 1. The number of hydrogen-bond acceptors (Lipinski definition) is 3. The van der Waals surface area contributed by atoms with Gasteiger partial charge in [-0.2, -0.15) is 5.10 Å². The van der Waals surface area contributed by atoms with Crippen LogP contribution in [-0.2, 0) is 4.79 Å². The molecule has 1 fully saturated rings. The Hall–Kier alpha value is -0.610. The number of rotatable bonds is 0. The topological polar surface area (TPSA) is 44.7 Å². The fraction of sp³-hybridized carbons (Fsp3) is 0.750. The van der Waals surface area contributed by atoms with Crippen molar-refractivity contribution in [1.82, 2.24) is 10.3 Å². The minimum Gasteiger partial charge on any atom is -0.315 e. The lowest BCUT2D eigenvalue weighted by Gasteiger charge is -2.28. The zero-order valence-electron chi connectivity index (χ0n) is 7.83. The van der Waals surface area contributed by atoms with E-state index in [1.54, 1.807) is 7.05 Å². The summed E-state index contributed by atoms with van der Waals surface area (Å²) in [5, 5.41) is 8.90. The van der Waals surface area contributed by atoms with Crippen molar-refractivity contribution in [1.29, 1.82) is 0 Å². The van der Waals surface area contributed by atoms with Crippen LogP contribution in [0.25, 0.3) is 0 Å². The maximum Gasteiger partial charge on any atom is 0.255 e. The van der Waals surface area contributed by atoms with Gasteiger partial charge in [0.1, 0.15) is 5.41 Å². The average molecular weight is 204 g/mol. The number of piperidine rings is 1. The van der Waals surface area contributed by atoms with E-state index in [-0.39, 0.29) is 23.7 Å². The highest BCUT2D eigenvalue weighted by Gasteiger charge is 2.46. The van der Waals surface area contributed by atoms with E-state index in [0.717, 1.165) is 25.2 Å². The first-order valence-corrected chi connectivity index (χ1v) is 4.21. The highest BCUT2D eigenvalue weighted by atomic mass is 35.5. The summed E-state index contributed by atoms with van der Waals surface area (Å²) in [6.45, 7) is 3.63. The summed E-state index contributed by atoms with van der Waals surface area (Å²) < 4.78 is 0. The molecule has 1 amide bonds. The molecule has 2 rings (SSSR count). The molecule has 1 unspecified atom stereocenters. The zero-order valence-corrected chi connectivity index (χ0v) is 8.65. The van der Waals surface area contributed by atoms with Crippen LogP contribution in [-0.4, -0.2) is 36.8 Å². The van der Waals surface area contributed by atoms with Crippen molar-refractivity contribution in [2.45, 2.75) is 13.3 Å². The van der Waals surface area contributed by atoms with E-state index in [1.807, 2.05) is 6.92 Å². The highest BCUT2D eigenvalue weighted by Crippen LogP contribution is 2.30. The molecule has 0 aromatic heterocycles. The Balaban J connectivity index is 0.000000845. The van der Waals surface area contributed by atoms with Crippen LogP contribution in [0.15, 0.2) is 5.10 Å². The van der Waals surface area contributed by atoms with Gasteiger partial charge in [0.05, 0.1) is 5.71 Å². The van der Waals surface area contributed by atoms with Crippen LogP contribution in [0.5, 0.6) is 0 Å². The van der Waals surface area contributed by atoms with Gasteiger partial charge < -0.3 is 5.32 Å². The third-order valence-corrected chi connectivity index (χ3v) is 2.69. The van der Waals surface area contributed by atoms with Crippen LogP contribution in [0, 0.1) is 5.41 Å². The molecule has 74 valence electrons. The highest BCUT2D eigenvalue weighted by molar-refractivity contribution is 6.12. The van der Waals surface area contributed by atoms with Crippen molar-refractivity contribution in [3.05, 3.63) is 0 Å². The summed E-state index contributed by atoms with van der Waals surface area (Å²) in [5.41, 5.74) is 0.682. The fourth-order valence-electron chi connectivity index (χ4n) is 1.87. The summed E-state index contributed by atoms with van der Waals surface area (Å²) in [6.07, 6.45) is 0.895. The Labute approximate surface area is 83.8 Å². The molecular formula is C8H14ClN3O. The standard InChI is InChI=1S/C8H13N3O.ClH/c1-8-5-9-4-3-6(8)10-11(2)7(8)12;/h9H,3-5H2,1-2H3;1H. The number of fused-ring (bicyclic) bond motifs is 1. The number of nitrogens with zero attached hydrogens (tertiary/aromatic N) is 2. The first-order chi connectivity index (χ1) is 5.64. The minimum atomic E-state index is -0.354. The second-order valence-corrected chi connectivity index (χ2v) is 3.63. The lowest BCUT2D eigenvalue weighted by Crippen LogP contribution is -2.48. The van der Waals surface area contributed by atoms with Crippen molar-refractivity contribution >= 4 is 24.0 Å². The number of carbonyl (C=O) groups is 1. The predicted octanol–water partition coefficient (Wildman–Crippen LogP) is 0.236. The molecule has 13 heavy (non-hydrogen) atoms. The molecule has 2 aliphatic rings. The van der Waals surface area contributed by atoms with Gasteiger partial charge in [0, 0.05) is 26.6 Å². The Bertz CT molecular complexity index is 266. The fourth-order valence-corrected chi connectivity index (χ4v) is 1.87. The molecule has 1 atom stereocenters. The van der Waals surface area contributed by atoms with Crippen LogP contribution in [0.1, 0.15) is 13.3 Å². The Morgan fingerprint density at radius 3 is 2.92 bits per heavy atom. The maximum atomic E-state index is 11.6. The van der Waals surface area contributed by atoms with Crippen molar-refractivity contribution in [3.63, 3.8) is 0 Å². The van der Waals surface area contributed by atoms with E-state index < -0.39 is 0 Å². The van der Waals surface area contributed by atoms with Crippen LogP contribution in [0.2, 0.25) is 0 Å². The van der Waals surface area contributed by atoms with E-state index in [9.17, 15) is 4.79 Å². The summed E-state index contributed by atoms with van der Waals surface area (Å²) in [7, 11) is 1.72. The molecule has 0 aliphatic carbocycles. The lowest BCUT2D eigenvalue weighted by atomic mass is 9.81. The molecule has 0 saturated carbocycles. The smallest absolute Gasteiger partial charge is 0.255 e. The normalized spacial score (nSPS) is 32.3. The van der Waals surface area contributed by atoms with Crippen molar-refractivity contribution in [3.8, 4) is 0 Å². The van der Waals surface area contributed by atoms with Gasteiger partial charge in [-0.15, -0.1) is 12.4 Å². The van der Waals surface area contributed by atoms with Crippen molar-refractivity contribution in [2.24, 2.45) is 10.5 Å². The van der Waals surface area contributed by atoms with E-state index in [1.165, 1.54) is 5.01 Å². The third kappa shape index (κ3) is 1.34. The van der Waals surface area contributed by atoms with Crippen LogP contribution in [0.3, 0.4) is 0 Å². The molecule has 0 spiro atoms. The van der Waals surface area contributed by atoms with Gasteiger partial charge in [-0.1, -0.05) is 0 Å². The summed E-state index contributed by atoms with van der Waals surface area (Å²) in [4.78, 5) is 11.6. The van der Waals surface area contributed by atoms with Gasteiger partial charge in [-0.25, -0.2) is 5.01 Å². The van der Waals surface area contributed by atoms with Crippen LogP contribution in [0.4, 0.5) is 0 Å². The Kier molecular flexibility index (Phi) is 2.63. The molecule has 2 aliphatic heterocycles. The second-order valence-electron chi connectivity index (χ2n) is 3.63. The molecule has 0 aromatic rings. The number of hydrogen-bond donors (Lipinski definition) is 1. The quantitative estimate of drug-likeness (QED) is 0.613. The number of nitrogens with one attached hydrogen (secondary N) is 1. The number of hydrazone groups is 1. The SMILES string of the molecule is CN1N=C2CCNCC2(C)C1=O.Cl. The van der Waals surface area contributed by atoms with E-state index in [0.29, 0.717) is 0 Å². The Morgan fingerprint density at radius 2 is 2.31 bits per heavy atom. The van der Waals surface area contributed by atoms with E-state index in [4.69, 9.17) is 0 Å². The van der Waals surface area contributed by atoms with Gasteiger partial charge >= 0.3 is 0 Å². The van der Waals surface area contributed by atoms with Gasteiger partial charge in [-0.3, -0.25) is 4.79 Å². The lowest BCUT2D eigenvalue weighted by molar-refractivity contribution is -0.134. The van der Waals surface area contributed by atoms with Gasteiger partial charge in [0.2, 0.25) is 0 Å². The molecule has 0 aromatic carbocycles. The van der Waals surface area contributed by atoms with Gasteiger partial charge in [-0.05, 0) is 6.92 Å². The number of carbonyl (C=O) groups excluding carboxylic acids is 1. The average Bonchev–Trinajstić information content (AvgIpc) is 2.28. The van der Waals surface area contributed by atoms with Gasteiger partial charge in [0.15, 0.2) is 0 Å². The summed E-state index contributed by atoms with van der Waals surface area (Å²) in [5.74, 6) is 0.115. The molecule has 5 heteroatoms. The first-order valence-electron chi connectivity index (χ1n) is 4.21. The molecule has 2 heterocycles. The van der Waals surface area contributed by atoms with E-state index >= 15 is 0 Å². The van der Waals surface area contributed by atoms with Crippen LogP contribution < -0.4 is 5.32 Å². The van der Waals surface area contributed by atoms with E-state index in [2.05, 4.69) is 10.4 Å². The Morgan fingerprint density at radius 1 is 1.62 bits per heavy atom. The molecule has 4 nitrogen and oxygen atoms in total. The first kappa shape index (κ1) is 10.5. The molecule has 0 bridgehead atoms. The monoisotopic (exact) mass is 203 g/mol. The maximum absolute atomic E-state index is 11.6. The predicted molar refractivity (Wildman–Crippen MR) is 53.0 cm³/mol. The van der Waals surface area contributed by atoms with Crippen LogP contribution >= 0.6 is 12.4 Å². The molecular weight excluding hydrogens is 190 g/mol. The van der Waals surface area contributed by atoms with Crippen molar-refractivity contribution in [2.75, 3.05) is 20.1 Å². The largest absolute Gasteiger partial charge is 0.315 e. The molecule has 0 radical (unpaired) electrons. The minimum absolute atomic E-state index is 0. The zero-order chi connectivity index (χ0) is 8.77. The summed E-state index contributed by atoms with van der Waals surface area (Å²) >= 11 is 0. The molecule has 1 N–H and O–H groups in total. The third-order valence-electron chi connectivity index (χ3n) is 2.69. The summed E-state index contributed by atoms with van der Waals surface area (Å²) in [6, 6.07) is 0.